The first-order valence-electron chi connectivity index (χ1n) is 12.4. The Morgan fingerprint density at radius 1 is 0.886 bits per heavy atom. The largest absolute Gasteiger partial charge is 0.373 e. The molecule has 1 nitrogen and oxygen atoms in total. The van der Waals surface area contributed by atoms with E-state index in [-0.39, 0.29) is 17.5 Å². The summed E-state index contributed by atoms with van der Waals surface area (Å²) < 4.78 is 50.2. The molecule has 35 heavy (non-hydrogen) atoms. The van der Waals surface area contributed by atoms with Crippen molar-refractivity contribution in [1.29, 1.82) is 0 Å². The fourth-order valence-electron chi connectivity index (χ4n) is 4.58. The number of hydrogen-bond donors (Lipinski definition) is 0. The molecule has 1 saturated heterocycles. The summed E-state index contributed by atoms with van der Waals surface area (Å²) in [6.07, 6.45) is 8.07. The van der Waals surface area contributed by atoms with Crippen LogP contribution < -0.4 is 0 Å². The summed E-state index contributed by atoms with van der Waals surface area (Å²) in [5.74, 6) is -1.60. The molecule has 3 aromatic rings. The number of ether oxygens (including phenoxy) is 1. The molecule has 0 N–H and O–H groups in total. The van der Waals surface area contributed by atoms with E-state index < -0.39 is 11.6 Å². The second-order valence-electron chi connectivity index (χ2n) is 9.13. The second kappa shape index (κ2) is 11.8. The molecular formula is C30H30BF3O. The Bertz CT molecular complexity index is 1160. The van der Waals surface area contributed by atoms with Crippen LogP contribution in [0.2, 0.25) is 6.32 Å². The molecule has 2 radical (unpaired) electrons. The Kier molecular flexibility index (Phi) is 8.51. The minimum Gasteiger partial charge on any atom is -0.373 e. The molecule has 2 unspecified atom stereocenters. The molecule has 0 spiro atoms. The zero-order valence-electron chi connectivity index (χ0n) is 20.1. The highest BCUT2D eigenvalue weighted by Gasteiger charge is 2.24. The second-order valence-corrected chi connectivity index (χ2v) is 9.13. The SMILES string of the molecule is [B]CC1CCC(c2ccc(-c3ccc(-c4ccc(CC/C=C/CC)c(F)c4F)cc3)cc2F)OC1. The van der Waals surface area contributed by atoms with E-state index in [0.717, 1.165) is 30.4 Å². The van der Waals surface area contributed by atoms with Crippen molar-refractivity contribution in [1.82, 2.24) is 0 Å². The van der Waals surface area contributed by atoms with Crippen molar-refractivity contribution in [3.8, 4) is 22.3 Å². The van der Waals surface area contributed by atoms with Gasteiger partial charge >= 0.3 is 0 Å². The molecule has 180 valence electrons. The summed E-state index contributed by atoms with van der Waals surface area (Å²) in [6, 6.07) is 15.5. The Hall–Kier alpha value is -2.79. The lowest BCUT2D eigenvalue weighted by molar-refractivity contribution is -0.0139. The van der Waals surface area contributed by atoms with Crippen LogP contribution in [0, 0.1) is 23.4 Å². The fraction of sp³-hybridized carbons (Fsp3) is 0.333. The van der Waals surface area contributed by atoms with Crippen LogP contribution in [0.15, 0.2) is 66.7 Å². The lowest BCUT2D eigenvalue weighted by atomic mass is 9.85. The van der Waals surface area contributed by atoms with Crippen LogP contribution in [0.1, 0.15) is 49.8 Å². The van der Waals surface area contributed by atoms with Gasteiger partial charge in [0.1, 0.15) is 5.82 Å². The number of aryl methyl sites for hydroxylation is 1. The molecule has 3 aromatic carbocycles. The van der Waals surface area contributed by atoms with Crippen molar-refractivity contribution < 1.29 is 17.9 Å². The number of halogens is 3. The summed E-state index contributed by atoms with van der Waals surface area (Å²) in [5, 5.41) is 0. The van der Waals surface area contributed by atoms with Crippen LogP contribution in [0.25, 0.3) is 22.3 Å². The minimum absolute atomic E-state index is 0.216. The third-order valence-electron chi connectivity index (χ3n) is 6.73. The monoisotopic (exact) mass is 474 g/mol. The van der Waals surface area contributed by atoms with Crippen LogP contribution >= 0.6 is 0 Å². The maximum Gasteiger partial charge on any atom is 0.166 e. The maximum atomic E-state index is 14.9. The van der Waals surface area contributed by atoms with Crippen molar-refractivity contribution in [2.24, 2.45) is 5.92 Å². The highest BCUT2D eigenvalue weighted by Crippen LogP contribution is 2.35. The lowest BCUT2D eigenvalue weighted by Gasteiger charge is -2.29. The van der Waals surface area contributed by atoms with E-state index in [1.165, 1.54) is 6.07 Å². The normalized spacial score (nSPS) is 18.3. The van der Waals surface area contributed by atoms with E-state index in [1.807, 2.05) is 25.1 Å². The van der Waals surface area contributed by atoms with Gasteiger partial charge < -0.3 is 4.74 Å². The molecule has 0 amide bonds. The third kappa shape index (κ3) is 5.90. The molecule has 1 aliphatic rings. The van der Waals surface area contributed by atoms with Gasteiger partial charge in [-0.3, -0.25) is 0 Å². The van der Waals surface area contributed by atoms with Crippen LogP contribution in [0.3, 0.4) is 0 Å². The Morgan fingerprint density at radius 2 is 1.63 bits per heavy atom. The summed E-state index contributed by atoms with van der Waals surface area (Å²) in [7, 11) is 5.70. The average Bonchev–Trinajstić information content (AvgIpc) is 2.89. The molecule has 1 aliphatic heterocycles. The molecule has 0 aliphatic carbocycles. The van der Waals surface area contributed by atoms with Gasteiger partial charge in [-0.15, -0.1) is 0 Å². The van der Waals surface area contributed by atoms with Crippen molar-refractivity contribution in [2.45, 2.75) is 51.5 Å². The molecule has 2 atom stereocenters. The zero-order chi connectivity index (χ0) is 24.8. The third-order valence-corrected chi connectivity index (χ3v) is 6.73. The molecular weight excluding hydrogens is 444 g/mol. The summed E-state index contributed by atoms with van der Waals surface area (Å²) in [5.41, 5.74) is 3.24. The quantitative estimate of drug-likeness (QED) is 0.235. The van der Waals surface area contributed by atoms with Crippen molar-refractivity contribution in [3.05, 3.63) is 95.3 Å². The van der Waals surface area contributed by atoms with Crippen LogP contribution in [0.4, 0.5) is 13.2 Å². The van der Waals surface area contributed by atoms with Crippen LogP contribution in [0.5, 0.6) is 0 Å². The molecule has 0 bridgehead atoms. The van der Waals surface area contributed by atoms with Crippen molar-refractivity contribution in [3.63, 3.8) is 0 Å². The maximum absolute atomic E-state index is 14.9. The molecule has 1 heterocycles. The lowest BCUT2D eigenvalue weighted by Crippen LogP contribution is -2.21. The first kappa shape index (κ1) is 25.3. The Labute approximate surface area is 207 Å². The number of rotatable bonds is 8. The van der Waals surface area contributed by atoms with Crippen LogP contribution in [-0.4, -0.2) is 14.5 Å². The Balaban J connectivity index is 1.49. The number of benzene rings is 3. The van der Waals surface area contributed by atoms with Gasteiger partial charge in [0, 0.05) is 17.7 Å². The highest BCUT2D eigenvalue weighted by atomic mass is 19.2. The molecule has 0 saturated carbocycles. The van der Waals surface area contributed by atoms with Crippen molar-refractivity contribution >= 4 is 7.85 Å². The highest BCUT2D eigenvalue weighted by molar-refractivity contribution is 6.08. The summed E-state index contributed by atoms with van der Waals surface area (Å²) >= 11 is 0. The van der Waals surface area contributed by atoms with Gasteiger partial charge in [-0.1, -0.05) is 73.9 Å². The van der Waals surface area contributed by atoms with E-state index in [2.05, 4.69) is 0 Å². The van der Waals surface area contributed by atoms with Gasteiger partial charge in [-0.05, 0) is 66.3 Å². The first-order valence-corrected chi connectivity index (χ1v) is 12.4. The predicted octanol–water partition coefficient (Wildman–Crippen LogP) is 8.39. The molecule has 5 heteroatoms. The predicted molar refractivity (Wildman–Crippen MR) is 137 cm³/mol. The van der Waals surface area contributed by atoms with Gasteiger partial charge in [-0.2, -0.15) is 0 Å². The standard InChI is InChI=1S/C30H30BF3O/c1-2-3-4-5-6-23-12-14-25(30(34)29(23)33)22-10-8-21(9-11-22)24-13-15-26(27(32)17-24)28-16-7-20(18-31)19-35-28/h3-4,8-15,17,20,28H,2,5-7,16,18-19H2,1H3/b4-3+. The topological polar surface area (TPSA) is 9.23 Å². The fourth-order valence-corrected chi connectivity index (χ4v) is 4.58. The molecule has 1 fully saturated rings. The molecule has 0 aromatic heterocycles. The zero-order valence-corrected chi connectivity index (χ0v) is 20.1. The van der Waals surface area contributed by atoms with E-state index >= 15 is 0 Å². The average molecular weight is 474 g/mol. The van der Waals surface area contributed by atoms with Crippen molar-refractivity contribution in [2.75, 3.05) is 6.61 Å². The van der Waals surface area contributed by atoms with E-state index in [4.69, 9.17) is 12.6 Å². The van der Waals surface area contributed by atoms with Gasteiger partial charge in [0.05, 0.1) is 14.0 Å². The van der Waals surface area contributed by atoms with Gasteiger partial charge in [0.25, 0.3) is 0 Å². The minimum atomic E-state index is -0.838. The summed E-state index contributed by atoms with van der Waals surface area (Å²) in [6.45, 7) is 2.59. The van der Waals surface area contributed by atoms with E-state index in [1.54, 1.807) is 42.5 Å². The number of allylic oxidation sites excluding steroid dienone is 2. The summed E-state index contributed by atoms with van der Waals surface area (Å²) in [4.78, 5) is 0. The smallest absolute Gasteiger partial charge is 0.166 e. The van der Waals surface area contributed by atoms with Gasteiger partial charge in [0.2, 0.25) is 0 Å². The van der Waals surface area contributed by atoms with Gasteiger partial charge in [0.15, 0.2) is 11.6 Å². The van der Waals surface area contributed by atoms with Gasteiger partial charge in [-0.25, -0.2) is 13.2 Å². The Morgan fingerprint density at radius 3 is 2.29 bits per heavy atom. The molecule has 4 rings (SSSR count). The van der Waals surface area contributed by atoms with Crippen LogP contribution in [-0.2, 0) is 11.2 Å². The first-order chi connectivity index (χ1) is 17.0. The number of hydrogen-bond acceptors (Lipinski definition) is 1. The van der Waals surface area contributed by atoms with E-state index in [9.17, 15) is 13.2 Å². The van der Waals surface area contributed by atoms with E-state index in [0.29, 0.717) is 48.4 Å².